The Morgan fingerprint density at radius 1 is 0.500 bits per heavy atom. The van der Waals surface area contributed by atoms with Gasteiger partial charge in [-0.05, 0) is 61.3 Å². The van der Waals surface area contributed by atoms with Crippen LogP contribution in [-0.2, 0) is 19.3 Å². The van der Waals surface area contributed by atoms with E-state index in [4.69, 9.17) is 0 Å². The number of aromatic hydroxyl groups is 1. The maximum Gasteiger partial charge on any atom is 0.119 e. The second-order valence-electron chi connectivity index (χ2n) is 8.69. The van der Waals surface area contributed by atoms with Gasteiger partial charge < -0.3 is 5.11 Å². The largest absolute Gasteiger partial charge is 0.508 e. The zero-order chi connectivity index (χ0) is 20.5. The summed E-state index contributed by atoms with van der Waals surface area (Å²) in [5.74, 6) is 0.550. The highest BCUT2D eigenvalue weighted by Gasteiger charge is 2.13. The zero-order valence-electron chi connectivity index (χ0n) is 19.3. The molecule has 0 saturated carbocycles. The van der Waals surface area contributed by atoms with Crippen LogP contribution in [0.25, 0.3) is 0 Å². The Hall–Kier alpha value is -0.980. The summed E-state index contributed by atoms with van der Waals surface area (Å²) in [6, 6.07) is 4.18. The highest BCUT2D eigenvalue weighted by atomic mass is 16.3. The van der Waals surface area contributed by atoms with E-state index in [0.29, 0.717) is 5.75 Å². The second kappa shape index (κ2) is 16.9. The molecule has 0 aliphatic heterocycles. The molecule has 1 aromatic rings. The van der Waals surface area contributed by atoms with Gasteiger partial charge in [0.2, 0.25) is 0 Å². The van der Waals surface area contributed by atoms with Gasteiger partial charge in [-0.1, -0.05) is 104 Å². The van der Waals surface area contributed by atoms with Crippen molar-refractivity contribution in [3.8, 4) is 5.75 Å². The van der Waals surface area contributed by atoms with Crippen molar-refractivity contribution >= 4 is 0 Å². The first-order valence-electron chi connectivity index (χ1n) is 12.6. The van der Waals surface area contributed by atoms with Crippen LogP contribution in [-0.4, -0.2) is 5.11 Å². The van der Waals surface area contributed by atoms with Gasteiger partial charge in [-0.15, -0.1) is 0 Å². The molecule has 0 aromatic heterocycles. The predicted molar refractivity (Wildman–Crippen MR) is 125 cm³/mol. The van der Waals surface area contributed by atoms with Crippen LogP contribution in [0.2, 0.25) is 0 Å². The van der Waals surface area contributed by atoms with Crippen LogP contribution in [0.5, 0.6) is 5.75 Å². The van der Waals surface area contributed by atoms with Gasteiger partial charge >= 0.3 is 0 Å². The normalized spacial score (nSPS) is 11.2. The molecule has 0 aliphatic carbocycles. The molecule has 0 heterocycles. The average molecular weight is 389 g/mol. The minimum absolute atomic E-state index is 0.550. The maximum absolute atomic E-state index is 10.6. The summed E-state index contributed by atoms with van der Waals surface area (Å²) in [6.07, 6.45) is 23.2. The van der Waals surface area contributed by atoms with Gasteiger partial charge in [-0.2, -0.15) is 0 Å². The van der Waals surface area contributed by atoms with Crippen molar-refractivity contribution in [3.05, 3.63) is 28.8 Å². The average Bonchev–Trinajstić information content (AvgIpc) is 2.70. The standard InChI is InChI=1S/C27H48O/c1-4-7-10-12-13-15-18-21-26-25(20-17-14-11-8-5-2)24(19-16-9-6-3)22-23-27(26)28/h22-23,28H,4-21H2,1-3H3. The lowest BCUT2D eigenvalue weighted by atomic mass is 9.89. The van der Waals surface area contributed by atoms with Crippen LogP contribution >= 0.6 is 0 Å². The van der Waals surface area contributed by atoms with E-state index in [2.05, 4.69) is 26.8 Å². The summed E-state index contributed by atoms with van der Waals surface area (Å²) in [5.41, 5.74) is 4.29. The fourth-order valence-corrected chi connectivity index (χ4v) is 4.28. The monoisotopic (exact) mass is 388 g/mol. The van der Waals surface area contributed by atoms with Crippen molar-refractivity contribution in [1.82, 2.24) is 0 Å². The van der Waals surface area contributed by atoms with Crippen LogP contribution in [0.3, 0.4) is 0 Å². The molecule has 0 unspecified atom stereocenters. The van der Waals surface area contributed by atoms with Crippen LogP contribution in [0.15, 0.2) is 12.1 Å². The third-order valence-electron chi connectivity index (χ3n) is 6.11. The summed E-state index contributed by atoms with van der Waals surface area (Å²) >= 11 is 0. The van der Waals surface area contributed by atoms with Gasteiger partial charge in [0.25, 0.3) is 0 Å². The first-order valence-corrected chi connectivity index (χ1v) is 12.6. The molecule has 1 N–H and O–H groups in total. The molecular formula is C27H48O. The molecule has 0 fully saturated rings. The fourth-order valence-electron chi connectivity index (χ4n) is 4.28. The van der Waals surface area contributed by atoms with Crippen LogP contribution in [0, 0.1) is 0 Å². The molecule has 1 aromatic carbocycles. The lowest BCUT2D eigenvalue weighted by molar-refractivity contribution is 0.463. The number of unbranched alkanes of at least 4 members (excludes halogenated alkanes) is 12. The molecule has 0 spiro atoms. The topological polar surface area (TPSA) is 20.2 Å². The molecule has 28 heavy (non-hydrogen) atoms. The first-order chi connectivity index (χ1) is 13.7. The fraction of sp³-hybridized carbons (Fsp3) is 0.778. The quantitative estimate of drug-likeness (QED) is 0.249. The minimum Gasteiger partial charge on any atom is -0.508 e. The highest BCUT2D eigenvalue weighted by Crippen LogP contribution is 2.29. The van der Waals surface area contributed by atoms with Gasteiger partial charge in [0.1, 0.15) is 5.75 Å². The second-order valence-corrected chi connectivity index (χ2v) is 8.69. The van der Waals surface area contributed by atoms with E-state index in [9.17, 15) is 5.11 Å². The molecule has 162 valence electrons. The van der Waals surface area contributed by atoms with Crippen molar-refractivity contribution in [1.29, 1.82) is 0 Å². The Kier molecular flexibility index (Phi) is 15.1. The van der Waals surface area contributed by atoms with Gasteiger partial charge in [0.05, 0.1) is 0 Å². The van der Waals surface area contributed by atoms with Crippen molar-refractivity contribution in [3.63, 3.8) is 0 Å². The van der Waals surface area contributed by atoms with E-state index in [1.54, 1.807) is 0 Å². The van der Waals surface area contributed by atoms with E-state index in [-0.39, 0.29) is 0 Å². The Balaban J connectivity index is 2.67. The van der Waals surface area contributed by atoms with Crippen LogP contribution < -0.4 is 0 Å². The number of hydrogen-bond donors (Lipinski definition) is 1. The van der Waals surface area contributed by atoms with E-state index in [0.717, 1.165) is 12.8 Å². The Labute approximate surface area is 176 Å². The number of aryl methyl sites for hydroxylation is 1. The van der Waals surface area contributed by atoms with Gasteiger partial charge in [-0.25, -0.2) is 0 Å². The van der Waals surface area contributed by atoms with Crippen molar-refractivity contribution in [2.75, 3.05) is 0 Å². The van der Waals surface area contributed by atoms with Gasteiger partial charge in [-0.3, -0.25) is 0 Å². The Morgan fingerprint density at radius 3 is 1.50 bits per heavy atom. The molecule has 0 atom stereocenters. The minimum atomic E-state index is 0.550. The molecule has 1 heteroatoms. The van der Waals surface area contributed by atoms with E-state index in [1.165, 1.54) is 119 Å². The number of rotatable bonds is 18. The number of phenols is 1. The third kappa shape index (κ3) is 10.5. The highest BCUT2D eigenvalue weighted by molar-refractivity contribution is 5.45. The third-order valence-corrected chi connectivity index (χ3v) is 6.11. The van der Waals surface area contributed by atoms with E-state index < -0.39 is 0 Å². The lowest BCUT2D eigenvalue weighted by Gasteiger charge is -2.17. The summed E-state index contributed by atoms with van der Waals surface area (Å²) in [4.78, 5) is 0. The van der Waals surface area contributed by atoms with E-state index >= 15 is 0 Å². The molecule has 1 rings (SSSR count). The van der Waals surface area contributed by atoms with Gasteiger partial charge in [0.15, 0.2) is 0 Å². The maximum atomic E-state index is 10.6. The molecule has 0 saturated heterocycles. The van der Waals surface area contributed by atoms with Crippen molar-refractivity contribution in [2.24, 2.45) is 0 Å². The molecule has 0 aliphatic rings. The molecule has 0 amide bonds. The van der Waals surface area contributed by atoms with Crippen LogP contribution in [0.4, 0.5) is 0 Å². The zero-order valence-corrected chi connectivity index (χ0v) is 19.3. The molecule has 0 bridgehead atoms. The SMILES string of the molecule is CCCCCCCCCc1c(O)ccc(CCCCC)c1CCCCCCC. The Morgan fingerprint density at radius 2 is 0.929 bits per heavy atom. The van der Waals surface area contributed by atoms with E-state index in [1.807, 2.05) is 6.07 Å². The number of hydrogen-bond acceptors (Lipinski definition) is 1. The van der Waals surface area contributed by atoms with Crippen molar-refractivity contribution in [2.45, 2.75) is 136 Å². The van der Waals surface area contributed by atoms with Crippen molar-refractivity contribution < 1.29 is 5.11 Å². The Bertz CT molecular complexity index is 491. The lowest BCUT2D eigenvalue weighted by Crippen LogP contribution is -2.03. The molecule has 1 nitrogen and oxygen atoms in total. The van der Waals surface area contributed by atoms with Gasteiger partial charge in [0, 0.05) is 0 Å². The first kappa shape index (κ1) is 25.1. The number of benzene rings is 1. The predicted octanol–water partition coefficient (Wildman–Crippen LogP) is 8.93. The smallest absolute Gasteiger partial charge is 0.119 e. The summed E-state index contributed by atoms with van der Waals surface area (Å²) in [5, 5.41) is 10.6. The number of phenolic OH excluding ortho intramolecular Hbond substituents is 1. The molecule has 0 radical (unpaired) electrons. The summed E-state index contributed by atoms with van der Waals surface area (Å²) < 4.78 is 0. The summed E-state index contributed by atoms with van der Waals surface area (Å²) in [7, 11) is 0. The van der Waals surface area contributed by atoms with Crippen LogP contribution in [0.1, 0.15) is 134 Å². The summed E-state index contributed by atoms with van der Waals surface area (Å²) in [6.45, 7) is 6.83. The molecular weight excluding hydrogens is 340 g/mol.